The third kappa shape index (κ3) is 9.43. The summed E-state index contributed by atoms with van der Waals surface area (Å²) in [5.41, 5.74) is 0.279. The van der Waals surface area contributed by atoms with Crippen LogP contribution in [0, 0.1) is 11.8 Å². The van der Waals surface area contributed by atoms with Crippen molar-refractivity contribution in [1.82, 2.24) is 5.32 Å². The molecule has 1 rings (SSSR count). The fourth-order valence-corrected chi connectivity index (χ4v) is 2.93. The van der Waals surface area contributed by atoms with Gasteiger partial charge in [-0.2, -0.15) is 0 Å². The van der Waals surface area contributed by atoms with Crippen LogP contribution in [0.25, 0.3) is 0 Å². The molecule has 0 spiro atoms. The minimum atomic E-state index is -1.00. The van der Waals surface area contributed by atoms with E-state index in [1.165, 1.54) is 0 Å². The van der Waals surface area contributed by atoms with E-state index in [0.29, 0.717) is 12.8 Å². The number of benzene rings is 1. The Morgan fingerprint density at radius 2 is 1.70 bits per heavy atom. The summed E-state index contributed by atoms with van der Waals surface area (Å²) in [4.78, 5) is 23.7. The van der Waals surface area contributed by atoms with Crippen LogP contribution in [-0.4, -0.2) is 40.0 Å². The maximum absolute atomic E-state index is 12.2. The SMILES string of the molecule is CC(C)C[C@H](C[C@H](O)[C@H](Cc1ccccc1)NC(=O)OC(C)(C)C)C(=O)O. The van der Waals surface area contributed by atoms with Gasteiger partial charge in [0.05, 0.1) is 18.1 Å². The Labute approximate surface area is 161 Å². The van der Waals surface area contributed by atoms with Gasteiger partial charge in [0.1, 0.15) is 5.60 Å². The molecule has 1 aromatic rings. The van der Waals surface area contributed by atoms with Gasteiger partial charge in [-0.1, -0.05) is 44.2 Å². The molecule has 152 valence electrons. The highest BCUT2D eigenvalue weighted by Gasteiger charge is 2.30. The Bertz CT molecular complexity index is 594. The van der Waals surface area contributed by atoms with Crippen LogP contribution in [0.4, 0.5) is 4.79 Å². The molecule has 3 atom stereocenters. The second-order valence-electron chi connectivity index (χ2n) is 8.41. The van der Waals surface area contributed by atoms with Crippen LogP contribution in [-0.2, 0) is 16.0 Å². The van der Waals surface area contributed by atoms with Gasteiger partial charge in [0.15, 0.2) is 0 Å². The highest BCUT2D eigenvalue weighted by atomic mass is 16.6. The van der Waals surface area contributed by atoms with Gasteiger partial charge in [-0.05, 0) is 51.5 Å². The molecule has 3 N–H and O–H groups in total. The molecule has 27 heavy (non-hydrogen) atoms. The number of aliphatic hydroxyl groups excluding tert-OH is 1. The van der Waals surface area contributed by atoms with Gasteiger partial charge in [0, 0.05) is 0 Å². The molecular formula is C21H33NO5. The van der Waals surface area contributed by atoms with Gasteiger partial charge in [0.2, 0.25) is 0 Å². The Balaban J connectivity index is 2.90. The molecule has 6 heteroatoms. The number of rotatable bonds is 9. The fraction of sp³-hybridized carbons (Fsp3) is 0.619. The monoisotopic (exact) mass is 379 g/mol. The molecule has 0 aromatic heterocycles. The van der Waals surface area contributed by atoms with Crippen molar-refractivity contribution in [3.8, 4) is 0 Å². The molecule has 1 amide bonds. The lowest BCUT2D eigenvalue weighted by Gasteiger charge is -2.28. The van der Waals surface area contributed by atoms with Crippen LogP contribution in [0.15, 0.2) is 30.3 Å². The first-order valence-electron chi connectivity index (χ1n) is 9.42. The van der Waals surface area contributed by atoms with Gasteiger partial charge >= 0.3 is 12.1 Å². The lowest BCUT2D eigenvalue weighted by atomic mass is 9.88. The van der Waals surface area contributed by atoms with Crippen LogP contribution >= 0.6 is 0 Å². The molecule has 0 fully saturated rings. The largest absolute Gasteiger partial charge is 0.481 e. The summed E-state index contributed by atoms with van der Waals surface area (Å²) in [7, 11) is 0. The summed E-state index contributed by atoms with van der Waals surface area (Å²) >= 11 is 0. The van der Waals surface area contributed by atoms with Crippen molar-refractivity contribution in [1.29, 1.82) is 0 Å². The van der Waals surface area contributed by atoms with E-state index in [2.05, 4.69) is 5.32 Å². The Morgan fingerprint density at radius 3 is 2.19 bits per heavy atom. The van der Waals surface area contributed by atoms with E-state index in [-0.39, 0.29) is 12.3 Å². The zero-order valence-electron chi connectivity index (χ0n) is 16.9. The van der Waals surface area contributed by atoms with E-state index >= 15 is 0 Å². The number of amides is 1. The quantitative estimate of drug-likeness (QED) is 0.609. The first kappa shape index (κ1) is 23.0. The summed E-state index contributed by atoms with van der Waals surface area (Å²) in [6.07, 6.45) is -0.705. The summed E-state index contributed by atoms with van der Waals surface area (Å²) in [6, 6.07) is 8.81. The number of aliphatic carboxylic acids is 1. The highest BCUT2D eigenvalue weighted by molar-refractivity contribution is 5.70. The molecule has 0 aliphatic rings. The van der Waals surface area contributed by atoms with Crippen molar-refractivity contribution >= 4 is 12.1 Å². The van der Waals surface area contributed by atoms with Crippen molar-refractivity contribution in [3.63, 3.8) is 0 Å². The predicted octanol–water partition coefficient (Wildman–Crippen LogP) is 3.62. The van der Waals surface area contributed by atoms with E-state index in [1.54, 1.807) is 20.8 Å². The smallest absolute Gasteiger partial charge is 0.407 e. The molecule has 0 saturated carbocycles. The number of ether oxygens (including phenoxy) is 1. The lowest BCUT2D eigenvalue weighted by Crippen LogP contribution is -2.47. The Hall–Kier alpha value is -2.08. The number of hydrogen-bond donors (Lipinski definition) is 3. The van der Waals surface area contributed by atoms with Crippen molar-refractivity contribution < 1.29 is 24.5 Å². The number of alkyl carbamates (subject to hydrolysis) is 1. The fourth-order valence-electron chi connectivity index (χ4n) is 2.93. The first-order chi connectivity index (χ1) is 12.5. The minimum absolute atomic E-state index is 0.0702. The normalized spacial score (nSPS) is 15.1. The van der Waals surface area contributed by atoms with Crippen LogP contribution in [0.5, 0.6) is 0 Å². The molecular weight excluding hydrogens is 346 g/mol. The van der Waals surface area contributed by atoms with Crippen molar-refractivity contribution in [2.24, 2.45) is 11.8 Å². The van der Waals surface area contributed by atoms with Crippen molar-refractivity contribution in [2.45, 2.75) is 71.6 Å². The molecule has 0 radical (unpaired) electrons. The summed E-state index contributed by atoms with van der Waals surface area (Å²) in [5.74, 6) is -1.40. The number of nitrogens with one attached hydrogen (secondary N) is 1. The van der Waals surface area contributed by atoms with Gasteiger partial charge in [0.25, 0.3) is 0 Å². The highest BCUT2D eigenvalue weighted by Crippen LogP contribution is 2.21. The second-order valence-corrected chi connectivity index (χ2v) is 8.41. The number of carbonyl (C=O) groups is 2. The molecule has 6 nitrogen and oxygen atoms in total. The van der Waals surface area contributed by atoms with E-state index < -0.39 is 35.7 Å². The van der Waals surface area contributed by atoms with Gasteiger partial charge in [-0.3, -0.25) is 4.79 Å². The van der Waals surface area contributed by atoms with Gasteiger partial charge < -0.3 is 20.3 Å². The Kier molecular flexibility index (Phi) is 8.76. The van der Waals surface area contributed by atoms with Crippen molar-refractivity contribution in [2.75, 3.05) is 0 Å². The molecule has 0 bridgehead atoms. The zero-order valence-corrected chi connectivity index (χ0v) is 16.9. The van der Waals surface area contributed by atoms with Gasteiger partial charge in [-0.15, -0.1) is 0 Å². The Morgan fingerprint density at radius 1 is 1.11 bits per heavy atom. The maximum Gasteiger partial charge on any atom is 0.407 e. The van der Waals surface area contributed by atoms with Crippen LogP contribution in [0.3, 0.4) is 0 Å². The minimum Gasteiger partial charge on any atom is -0.481 e. The lowest BCUT2D eigenvalue weighted by molar-refractivity contribution is -0.143. The molecule has 0 aliphatic heterocycles. The van der Waals surface area contributed by atoms with Gasteiger partial charge in [-0.25, -0.2) is 4.79 Å². The standard InChI is InChI=1S/C21H33NO5/c1-14(2)11-16(19(24)25)13-18(23)17(12-15-9-7-6-8-10-15)22-20(26)27-21(3,4)5/h6-10,14,16-18,23H,11-13H2,1-5H3,(H,22,26)(H,24,25)/t16-,17+,18+/m1/s1. The van der Waals surface area contributed by atoms with Crippen LogP contribution in [0.1, 0.15) is 53.0 Å². The number of carbonyl (C=O) groups excluding carboxylic acids is 1. The summed E-state index contributed by atoms with van der Waals surface area (Å²) in [5, 5.41) is 22.9. The van der Waals surface area contributed by atoms with E-state index in [1.807, 2.05) is 44.2 Å². The van der Waals surface area contributed by atoms with Crippen LogP contribution < -0.4 is 5.32 Å². The summed E-state index contributed by atoms with van der Waals surface area (Å²) in [6.45, 7) is 9.18. The third-order valence-electron chi connectivity index (χ3n) is 4.10. The molecule has 0 aliphatic carbocycles. The topological polar surface area (TPSA) is 95.9 Å². The summed E-state index contributed by atoms with van der Waals surface area (Å²) < 4.78 is 5.30. The molecule has 0 saturated heterocycles. The first-order valence-corrected chi connectivity index (χ1v) is 9.42. The number of aliphatic hydroxyl groups is 1. The zero-order chi connectivity index (χ0) is 20.6. The van der Waals surface area contributed by atoms with E-state index in [0.717, 1.165) is 5.56 Å². The average Bonchev–Trinajstić information content (AvgIpc) is 2.52. The number of carboxylic acids is 1. The second kappa shape index (κ2) is 10.3. The number of hydrogen-bond acceptors (Lipinski definition) is 4. The van der Waals surface area contributed by atoms with Crippen LogP contribution in [0.2, 0.25) is 0 Å². The predicted molar refractivity (Wildman–Crippen MR) is 105 cm³/mol. The van der Waals surface area contributed by atoms with E-state index in [4.69, 9.17) is 4.74 Å². The third-order valence-corrected chi connectivity index (χ3v) is 4.10. The molecule has 0 unspecified atom stereocenters. The molecule has 1 aromatic carbocycles. The average molecular weight is 379 g/mol. The van der Waals surface area contributed by atoms with Crippen molar-refractivity contribution in [3.05, 3.63) is 35.9 Å². The van der Waals surface area contributed by atoms with E-state index in [9.17, 15) is 19.8 Å². The molecule has 0 heterocycles. The number of carboxylic acid groups (broad SMARTS) is 1. The maximum atomic E-state index is 12.2.